The minimum absolute atomic E-state index is 0.0508. The molecule has 0 aliphatic heterocycles. The molecule has 2 bridgehead atoms. The lowest BCUT2D eigenvalue weighted by Crippen LogP contribution is -2.53. The number of allylic oxidation sites excluding steroid dienone is 1. The maximum absolute atomic E-state index is 15.5. The van der Waals surface area contributed by atoms with Crippen molar-refractivity contribution in [2.24, 2.45) is 40.4 Å². The number of unbranched alkanes of at least 4 members (excludes halogenated alkanes) is 2. The second kappa shape index (κ2) is 13.2. The molecule has 5 unspecified atom stereocenters. The zero-order valence-electron chi connectivity index (χ0n) is 25.1. The van der Waals surface area contributed by atoms with Crippen LogP contribution in [0.1, 0.15) is 84.6 Å². The van der Waals surface area contributed by atoms with Crippen LogP contribution in [0.2, 0.25) is 0 Å². The van der Waals surface area contributed by atoms with Gasteiger partial charge >= 0.3 is 5.97 Å². The molecule has 5 nitrogen and oxygen atoms in total. The van der Waals surface area contributed by atoms with Crippen molar-refractivity contribution in [3.8, 4) is 5.75 Å². The van der Waals surface area contributed by atoms with Gasteiger partial charge < -0.3 is 19.0 Å². The van der Waals surface area contributed by atoms with Crippen molar-refractivity contribution < 1.29 is 28.2 Å². The molecule has 2 fully saturated rings. The van der Waals surface area contributed by atoms with Gasteiger partial charge in [-0.25, -0.2) is 4.39 Å². The van der Waals surface area contributed by atoms with Crippen molar-refractivity contribution in [2.75, 3.05) is 20.3 Å². The van der Waals surface area contributed by atoms with Gasteiger partial charge in [0.15, 0.2) is 0 Å². The summed E-state index contributed by atoms with van der Waals surface area (Å²) in [6.07, 6.45) is 8.72. The van der Waals surface area contributed by atoms with Crippen molar-refractivity contribution in [3.63, 3.8) is 0 Å². The molecule has 4 rings (SSSR count). The molecule has 2 saturated carbocycles. The first-order chi connectivity index (χ1) is 19.2. The number of fused-ring (bicyclic) bond motifs is 2. The quantitative estimate of drug-likeness (QED) is 0.0968. The van der Waals surface area contributed by atoms with Crippen LogP contribution < -0.4 is 4.74 Å². The molecule has 0 radical (unpaired) electrons. The average Bonchev–Trinajstić information content (AvgIpc) is 3.60. The molecule has 0 aromatic heterocycles. The third kappa shape index (κ3) is 5.62. The molecule has 1 aromatic rings. The zero-order chi connectivity index (χ0) is 28.9. The van der Waals surface area contributed by atoms with Crippen LogP contribution in [0.3, 0.4) is 0 Å². The maximum atomic E-state index is 15.5. The standard InChI is InChI=1S/C34H49FO5/c1-6-7-15-39-16-9-8-10-28-24(4)31(35)18-30(28)33(22-36)19-26-17-29(23(2)3)34(33,20-26)32(37)40-21-25-11-13-27(38-5)14-12-25/h11-14,17,22-24,26,28,30-31H,6-10,15-16,18-21H2,1-5H3/t24?,26?,28?,30?,31?,33-,34+/m0/s1. The van der Waals surface area contributed by atoms with Crippen LogP contribution in [0.15, 0.2) is 35.9 Å². The number of benzene rings is 1. The Balaban J connectivity index is 1.58. The fraction of sp³-hybridized carbons (Fsp3) is 0.706. The van der Waals surface area contributed by atoms with Crippen molar-refractivity contribution in [2.45, 2.75) is 91.8 Å². The molecule has 3 aliphatic rings. The molecular formula is C34H49FO5. The van der Waals surface area contributed by atoms with Crippen molar-refractivity contribution in [3.05, 3.63) is 41.5 Å². The Kier molecular flexibility index (Phi) is 10.1. The highest BCUT2D eigenvalue weighted by Gasteiger charge is 2.72. The molecule has 222 valence electrons. The molecule has 0 saturated heterocycles. The molecule has 0 amide bonds. The number of alkyl halides is 1. The number of carbonyl (C=O) groups excluding carboxylic acids is 2. The van der Waals surface area contributed by atoms with Gasteiger partial charge in [-0.3, -0.25) is 4.79 Å². The summed E-state index contributed by atoms with van der Waals surface area (Å²) in [5.74, 6) is 0.374. The third-order valence-electron chi connectivity index (χ3n) is 10.2. The number of esters is 1. The van der Waals surface area contributed by atoms with E-state index in [1.54, 1.807) is 7.11 Å². The van der Waals surface area contributed by atoms with E-state index in [4.69, 9.17) is 14.2 Å². The number of hydrogen-bond acceptors (Lipinski definition) is 5. The smallest absolute Gasteiger partial charge is 0.317 e. The Bertz CT molecular complexity index is 1040. The van der Waals surface area contributed by atoms with Crippen LogP contribution >= 0.6 is 0 Å². The van der Waals surface area contributed by atoms with Crippen LogP contribution in [0.4, 0.5) is 4.39 Å². The Hall–Kier alpha value is -2.21. The number of rotatable bonds is 15. The van der Waals surface area contributed by atoms with E-state index in [0.29, 0.717) is 25.9 Å². The predicted molar refractivity (Wildman–Crippen MR) is 155 cm³/mol. The molecule has 0 spiro atoms. The fourth-order valence-corrected chi connectivity index (χ4v) is 8.19. The Labute approximate surface area is 240 Å². The summed E-state index contributed by atoms with van der Waals surface area (Å²) < 4.78 is 32.5. The number of aldehydes is 1. The van der Waals surface area contributed by atoms with E-state index in [-0.39, 0.29) is 42.2 Å². The molecule has 3 aliphatic carbocycles. The second-order valence-corrected chi connectivity index (χ2v) is 12.8. The summed E-state index contributed by atoms with van der Waals surface area (Å²) in [6, 6.07) is 7.46. The summed E-state index contributed by atoms with van der Waals surface area (Å²) in [6.45, 7) is 9.95. The topological polar surface area (TPSA) is 61.8 Å². The van der Waals surface area contributed by atoms with Crippen LogP contribution in [0, 0.1) is 40.4 Å². The normalized spacial score (nSPS) is 32.9. The summed E-state index contributed by atoms with van der Waals surface area (Å²) in [5, 5.41) is 0. The fourth-order valence-electron chi connectivity index (χ4n) is 8.19. The first-order valence-corrected chi connectivity index (χ1v) is 15.4. The molecule has 0 N–H and O–H groups in total. The third-order valence-corrected chi connectivity index (χ3v) is 10.2. The first-order valence-electron chi connectivity index (χ1n) is 15.4. The summed E-state index contributed by atoms with van der Waals surface area (Å²) in [4.78, 5) is 27.6. The highest BCUT2D eigenvalue weighted by molar-refractivity contribution is 5.89. The number of methoxy groups -OCH3 is 1. The lowest BCUT2D eigenvalue weighted by molar-refractivity contribution is -0.167. The van der Waals surface area contributed by atoms with Gasteiger partial charge in [-0.1, -0.05) is 64.3 Å². The van der Waals surface area contributed by atoms with Crippen molar-refractivity contribution in [1.29, 1.82) is 0 Å². The van der Waals surface area contributed by atoms with E-state index in [1.807, 2.05) is 31.2 Å². The van der Waals surface area contributed by atoms with Crippen molar-refractivity contribution >= 4 is 12.3 Å². The summed E-state index contributed by atoms with van der Waals surface area (Å²) in [5.41, 5.74) is -0.105. The van der Waals surface area contributed by atoms with Gasteiger partial charge in [0, 0.05) is 18.6 Å². The zero-order valence-corrected chi connectivity index (χ0v) is 25.1. The molecule has 40 heavy (non-hydrogen) atoms. The van der Waals surface area contributed by atoms with Crippen LogP contribution in [0.25, 0.3) is 0 Å². The van der Waals surface area contributed by atoms with Gasteiger partial charge in [-0.05, 0) is 85.8 Å². The van der Waals surface area contributed by atoms with Crippen LogP contribution in [-0.2, 0) is 25.7 Å². The van der Waals surface area contributed by atoms with Gasteiger partial charge in [0.25, 0.3) is 0 Å². The van der Waals surface area contributed by atoms with Gasteiger partial charge in [0.1, 0.15) is 30.2 Å². The van der Waals surface area contributed by atoms with E-state index in [1.165, 1.54) is 0 Å². The summed E-state index contributed by atoms with van der Waals surface area (Å²) >= 11 is 0. The van der Waals surface area contributed by atoms with E-state index in [2.05, 4.69) is 26.8 Å². The van der Waals surface area contributed by atoms with E-state index < -0.39 is 17.0 Å². The van der Waals surface area contributed by atoms with Gasteiger partial charge in [0.05, 0.1) is 7.11 Å². The molecule has 1 aromatic carbocycles. The van der Waals surface area contributed by atoms with Gasteiger partial charge in [-0.2, -0.15) is 0 Å². The highest BCUT2D eigenvalue weighted by atomic mass is 19.1. The lowest BCUT2D eigenvalue weighted by atomic mass is 9.52. The largest absolute Gasteiger partial charge is 0.497 e. The number of carbonyl (C=O) groups is 2. The SMILES string of the molecule is CCCCOCCCCC1C(C)C(F)CC1[C@@]1(C=O)CC2C=C(C(C)C)[C@@]1(C(=O)OCc1ccc(OC)cc1)C2. The Morgan fingerprint density at radius 2 is 1.85 bits per heavy atom. The number of ether oxygens (including phenoxy) is 3. The number of halogens is 1. The van der Waals surface area contributed by atoms with Crippen LogP contribution in [-0.4, -0.2) is 38.8 Å². The monoisotopic (exact) mass is 556 g/mol. The minimum Gasteiger partial charge on any atom is -0.497 e. The second-order valence-electron chi connectivity index (χ2n) is 12.8. The van der Waals surface area contributed by atoms with Crippen LogP contribution in [0.5, 0.6) is 5.75 Å². The maximum Gasteiger partial charge on any atom is 0.317 e. The average molecular weight is 557 g/mol. The van der Waals surface area contributed by atoms with E-state index >= 15 is 4.39 Å². The lowest BCUT2D eigenvalue weighted by Gasteiger charge is -2.49. The molecular weight excluding hydrogens is 507 g/mol. The van der Waals surface area contributed by atoms with E-state index in [9.17, 15) is 9.59 Å². The molecule has 0 heterocycles. The molecule has 6 heteroatoms. The highest BCUT2D eigenvalue weighted by Crippen LogP contribution is 2.71. The Morgan fingerprint density at radius 3 is 2.50 bits per heavy atom. The molecule has 7 atom stereocenters. The van der Waals surface area contributed by atoms with E-state index in [0.717, 1.165) is 61.9 Å². The van der Waals surface area contributed by atoms with Gasteiger partial charge in [0.2, 0.25) is 0 Å². The van der Waals surface area contributed by atoms with Gasteiger partial charge in [-0.15, -0.1) is 0 Å². The predicted octanol–water partition coefficient (Wildman–Crippen LogP) is 7.51. The summed E-state index contributed by atoms with van der Waals surface area (Å²) in [7, 11) is 1.62. The Morgan fingerprint density at radius 1 is 1.12 bits per heavy atom. The first kappa shape index (κ1) is 30.7. The van der Waals surface area contributed by atoms with Crippen molar-refractivity contribution in [1.82, 2.24) is 0 Å². The minimum atomic E-state index is -1.03. The number of hydrogen-bond donors (Lipinski definition) is 0.